The summed E-state index contributed by atoms with van der Waals surface area (Å²) in [5.74, 6) is 1.27. The van der Waals surface area contributed by atoms with Crippen LogP contribution in [-0.2, 0) is 37.4 Å². The lowest BCUT2D eigenvalue weighted by molar-refractivity contribution is -0.136. The van der Waals surface area contributed by atoms with E-state index in [0.717, 1.165) is 23.5 Å². The van der Waals surface area contributed by atoms with E-state index in [2.05, 4.69) is 34.7 Å². The van der Waals surface area contributed by atoms with Gasteiger partial charge in [-0.3, -0.25) is 9.48 Å². The number of nitrogens with zero attached hydrogens (tertiary/aromatic N) is 4. The molecular weight excluding hydrogens is 372 g/mol. The van der Waals surface area contributed by atoms with E-state index >= 15 is 0 Å². The number of hydrogen-bond donors (Lipinski definition) is 2. The summed E-state index contributed by atoms with van der Waals surface area (Å²) in [7, 11) is 0. The molecule has 0 fully saturated rings. The summed E-state index contributed by atoms with van der Waals surface area (Å²) in [5.41, 5.74) is 2.65. The van der Waals surface area contributed by atoms with Gasteiger partial charge in [0.15, 0.2) is 5.76 Å². The number of aromatic nitrogens is 3. The molecule has 158 valence electrons. The number of carbonyl (C=O) groups excluding carboxylic acids is 2. The number of rotatable bonds is 7. The summed E-state index contributed by atoms with van der Waals surface area (Å²) in [5, 5.41) is 14.1. The predicted molar refractivity (Wildman–Crippen MR) is 107 cm³/mol. The molecule has 0 saturated carbocycles. The quantitative estimate of drug-likeness (QED) is 0.738. The van der Waals surface area contributed by atoms with Gasteiger partial charge in [-0.2, -0.15) is 5.10 Å². The Morgan fingerprint density at radius 3 is 2.59 bits per heavy atom. The molecule has 2 N–H and O–H groups in total. The molecule has 1 aliphatic rings. The maximum absolute atomic E-state index is 12.2. The first-order valence-corrected chi connectivity index (χ1v) is 10.1. The molecule has 2 aromatic rings. The molecule has 29 heavy (non-hydrogen) atoms. The van der Waals surface area contributed by atoms with Crippen LogP contribution in [0.2, 0.25) is 0 Å². The van der Waals surface area contributed by atoms with E-state index in [1.165, 1.54) is 0 Å². The van der Waals surface area contributed by atoms with Crippen LogP contribution in [0.15, 0.2) is 16.7 Å². The van der Waals surface area contributed by atoms with Gasteiger partial charge >= 0.3 is 6.03 Å². The molecular formula is C20H30N6O3. The van der Waals surface area contributed by atoms with Crippen LogP contribution in [0.25, 0.3) is 0 Å². The Morgan fingerprint density at radius 1 is 1.10 bits per heavy atom. The normalized spacial score (nSPS) is 13.7. The highest BCUT2D eigenvalue weighted by molar-refractivity contribution is 5.78. The van der Waals surface area contributed by atoms with Crippen molar-refractivity contribution in [3.63, 3.8) is 0 Å². The molecule has 1 aliphatic heterocycles. The molecule has 0 aromatic carbocycles. The molecule has 9 nitrogen and oxygen atoms in total. The first-order valence-electron chi connectivity index (χ1n) is 10.1. The second-order valence-electron chi connectivity index (χ2n) is 8.18. The summed E-state index contributed by atoms with van der Waals surface area (Å²) in [4.78, 5) is 26.1. The van der Waals surface area contributed by atoms with Gasteiger partial charge in [0.1, 0.15) is 0 Å². The molecule has 0 bridgehead atoms. The van der Waals surface area contributed by atoms with Gasteiger partial charge in [-0.25, -0.2) is 4.79 Å². The van der Waals surface area contributed by atoms with Crippen molar-refractivity contribution < 1.29 is 14.1 Å². The predicted octanol–water partition coefficient (Wildman–Crippen LogP) is 2.07. The average molecular weight is 402 g/mol. The molecule has 2 aromatic heterocycles. The first kappa shape index (κ1) is 20.9. The van der Waals surface area contributed by atoms with Crippen LogP contribution in [-0.4, -0.2) is 38.3 Å². The Bertz CT molecular complexity index is 854. The largest absolute Gasteiger partial charge is 0.359 e. The molecule has 3 heterocycles. The zero-order valence-corrected chi connectivity index (χ0v) is 17.6. The fourth-order valence-corrected chi connectivity index (χ4v) is 3.32. The number of hydrogen-bond acceptors (Lipinski definition) is 5. The maximum atomic E-state index is 12.2. The molecule has 0 radical (unpaired) electrons. The van der Waals surface area contributed by atoms with Crippen molar-refractivity contribution in [3.05, 3.63) is 35.0 Å². The van der Waals surface area contributed by atoms with E-state index in [1.807, 2.05) is 35.6 Å². The van der Waals surface area contributed by atoms with Crippen molar-refractivity contribution in [2.24, 2.45) is 11.8 Å². The lowest BCUT2D eigenvalue weighted by atomic mass is 10.1. The Balaban J connectivity index is 1.45. The van der Waals surface area contributed by atoms with Gasteiger partial charge in [0.05, 0.1) is 43.3 Å². The summed E-state index contributed by atoms with van der Waals surface area (Å²) >= 11 is 0. The standard InChI is InChI=1S/C20H30N6O3/c1-13(2)7-15-9-18(29-24-15)11-22-20(28)21-10-16-8-17-12-25(19(27)14(3)4)5-6-26(17)23-16/h8-9,13-14H,5-7,10-12H2,1-4H3,(H2,21,22,28). The van der Waals surface area contributed by atoms with Crippen molar-refractivity contribution in [3.8, 4) is 0 Å². The monoisotopic (exact) mass is 402 g/mol. The van der Waals surface area contributed by atoms with E-state index in [1.54, 1.807) is 0 Å². The van der Waals surface area contributed by atoms with Gasteiger partial charge in [0.25, 0.3) is 0 Å². The summed E-state index contributed by atoms with van der Waals surface area (Å²) in [6.45, 7) is 10.5. The molecule has 0 unspecified atom stereocenters. The van der Waals surface area contributed by atoms with Crippen LogP contribution in [0.4, 0.5) is 4.79 Å². The van der Waals surface area contributed by atoms with Crippen LogP contribution < -0.4 is 10.6 Å². The minimum absolute atomic E-state index is 0.0138. The summed E-state index contributed by atoms with van der Waals surface area (Å²) < 4.78 is 7.15. The first-order chi connectivity index (χ1) is 13.8. The lowest BCUT2D eigenvalue weighted by Gasteiger charge is -2.29. The molecule has 9 heteroatoms. The Morgan fingerprint density at radius 2 is 1.86 bits per heavy atom. The Labute approximate surface area is 170 Å². The summed E-state index contributed by atoms with van der Waals surface area (Å²) in [6, 6.07) is 3.51. The second-order valence-corrected chi connectivity index (χ2v) is 8.18. The molecule has 0 saturated heterocycles. The Kier molecular flexibility index (Phi) is 6.56. The highest BCUT2D eigenvalue weighted by Gasteiger charge is 2.23. The van der Waals surface area contributed by atoms with Crippen molar-refractivity contribution in [2.45, 2.75) is 60.3 Å². The number of amides is 3. The SMILES string of the molecule is CC(C)Cc1cc(CNC(=O)NCc2cc3n(n2)CCN(C(=O)C(C)C)C3)on1. The third-order valence-electron chi connectivity index (χ3n) is 4.73. The van der Waals surface area contributed by atoms with Crippen LogP contribution in [0.1, 0.15) is 50.5 Å². The number of carbonyl (C=O) groups is 2. The number of urea groups is 1. The van der Waals surface area contributed by atoms with Gasteiger partial charge in [-0.05, 0) is 18.4 Å². The third kappa shape index (κ3) is 5.58. The van der Waals surface area contributed by atoms with E-state index in [-0.39, 0.29) is 24.4 Å². The lowest BCUT2D eigenvalue weighted by Crippen LogP contribution is -2.40. The fourth-order valence-electron chi connectivity index (χ4n) is 3.32. The van der Waals surface area contributed by atoms with Gasteiger partial charge in [-0.15, -0.1) is 0 Å². The summed E-state index contributed by atoms with van der Waals surface area (Å²) in [6.07, 6.45) is 0.848. The van der Waals surface area contributed by atoms with Crippen LogP contribution in [0.5, 0.6) is 0 Å². The zero-order valence-electron chi connectivity index (χ0n) is 17.6. The minimum atomic E-state index is -0.297. The highest BCUT2D eigenvalue weighted by Crippen LogP contribution is 2.16. The van der Waals surface area contributed by atoms with Gasteiger partial charge in [-0.1, -0.05) is 32.9 Å². The maximum Gasteiger partial charge on any atom is 0.315 e. The second kappa shape index (κ2) is 9.11. The fraction of sp³-hybridized carbons (Fsp3) is 0.600. The van der Waals surface area contributed by atoms with Crippen LogP contribution in [0, 0.1) is 11.8 Å². The van der Waals surface area contributed by atoms with Crippen molar-refractivity contribution in [1.82, 2.24) is 30.5 Å². The minimum Gasteiger partial charge on any atom is -0.359 e. The molecule has 0 aliphatic carbocycles. The van der Waals surface area contributed by atoms with E-state index in [9.17, 15) is 9.59 Å². The average Bonchev–Trinajstić information content (AvgIpc) is 3.29. The van der Waals surface area contributed by atoms with Gasteiger partial charge in [0.2, 0.25) is 5.91 Å². The van der Waals surface area contributed by atoms with Gasteiger partial charge in [0, 0.05) is 18.5 Å². The van der Waals surface area contributed by atoms with E-state index < -0.39 is 0 Å². The Hall–Kier alpha value is -2.84. The van der Waals surface area contributed by atoms with Crippen LogP contribution >= 0.6 is 0 Å². The number of nitrogens with one attached hydrogen (secondary N) is 2. The van der Waals surface area contributed by atoms with Crippen molar-refractivity contribution in [2.75, 3.05) is 6.54 Å². The molecule has 0 spiro atoms. The van der Waals surface area contributed by atoms with E-state index in [0.29, 0.717) is 37.9 Å². The molecule has 3 amide bonds. The highest BCUT2D eigenvalue weighted by atomic mass is 16.5. The molecule has 0 atom stereocenters. The van der Waals surface area contributed by atoms with Crippen LogP contribution in [0.3, 0.4) is 0 Å². The molecule has 3 rings (SSSR count). The van der Waals surface area contributed by atoms with Gasteiger partial charge < -0.3 is 20.1 Å². The smallest absolute Gasteiger partial charge is 0.315 e. The zero-order chi connectivity index (χ0) is 21.0. The number of fused-ring (bicyclic) bond motifs is 1. The van der Waals surface area contributed by atoms with E-state index in [4.69, 9.17) is 4.52 Å². The van der Waals surface area contributed by atoms with Crippen molar-refractivity contribution >= 4 is 11.9 Å². The van der Waals surface area contributed by atoms with Crippen molar-refractivity contribution in [1.29, 1.82) is 0 Å². The third-order valence-corrected chi connectivity index (χ3v) is 4.73. The topological polar surface area (TPSA) is 105 Å².